The highest BCUT2D eigenvalue weighted by molar-refractivity contribution is 7.88. The van der Waals surface area contributed by atoms with Gasteiger partial charge in [-0.05, 0) is 36.6 Å². The van der Waals surface area contributed by atoms with Crippen molar-refractivity contribution in [1.29, 1.82) is 0 Å². The molecule has 26 heavy (non-hydrogen) atoms. The molecule has 0 radical (unpaired) electrons. The van der Waals surface area contributed by atoms with Crippen molar-refractivity contribution < 1.29 is 13.2 Å². The zero-order valence-electron chi connectivity index (χ0n) is 14.2. The van der Waals surface area contributed by atoms with Gasteiger partial charge in [0.25, 0.3) is 0 Å². The molecule has 2 N–H and O–H groups in total. The van der Waals surface area contributed by atoms with Crippen molar-refractivity contribution in [3.63, 3.8) is 0 Å². The first kappa shape index (κ1) is 18.7. The van der Waals surface area contributed by atoms with E-state index in [1.165, 1.54) is 10.6 Å². The molecule has 0 bridgehead atoms. The monoisotopic (exact) mass is 397 g/mol. The second-order valence-corrected chi connectivity index (χ2v) is 8.64. The fourth-order valence-electron chi connectivity index (χ4n) is 2.88. The van der Waals surface area contributed by atoms with E-state index >= 15 is 0 Å². The summed E-state index contributed by atoms with van der Waals surface area (Å²) in [7, 11) is -3.17. The van der Waals surface area contributed by atoms with Gasteiger partial charge in [0.15, 0.2) is 0 Å². The number of rotatable bonds is 5. The van der Waals surface area contributed by atoms with Gasteiger partial charge in [0, 0.05) is 37.1 Å². The van der Waals surface area contributed by atoms with E-state index in [1.807, 2.05) is 0 Å². The van der Waals surface area contributed by atoms with Gasteiger partial charge < -0.3 is 10.6 Å². The molecule has 1 fully saturated rings. The molecule has 2 aromatic rings. The van der Waals surface area contributed by atoms with Crippen molar-refractivity contribution in [1.82, 2.24) is 19.4 Å². The molecule has 1 aliphatic rings. The van der Waals surface area contributed by atoms with Crippen molar-refractivity contribution in [2.75, 3.05) is 31.2 Å². The summed E-state index contributed by atoms with van der Waals surface area (Å²) in [4.78, 5) is 12.2. The van der Waals surface area contributed by atoms with Crippen molar-refractivity contribution >= 4 is 33.3 Å². The van der Waals surface area contributed by atoms with Gasteiger partial charge in [-0.2, -0.15) is 5.10 Å². The highest BCUT2D eigenvalue weighted by atomic mass is 35.5. The normalized spacial score (nSPS) is 18.0. The Kier molecular flexibility index (Phi) is 5.49. The lowest BCUT2D eigenvalue weighted by Gasteiger charge is -2.15. The van der Waals surface area contributed by atoms with Crippen LogP contribution >= 0.6 is 11.6 Å². The van der Waals surface area contributed by atoms with E-state index in [0.717, 1.165) is 6.42 Å². The maximum atomic E-state index is 12.2. The summed E-state index contributed by atoms with van der Waals surface area (Å²) in [6, 6.07) is 6.52. The number of nitrogens with one attached hydrogen (secondary N) is 2. The van der Waals surface area contributed by atoms with E-state index in [0.29, 0.717) is 36.0 Å². The van der Waals surface area contributed by atoms with Crippen molar-refractivity contribution in [3.8, 4) is 5.69 Å². The van der Waals surface area contributed by atoms with Crippen molar-refractivity contribution in [2.24, 2.45) is 5.92 Å². The maximum Gasteiger partial charge on any atom is 0.319 e. The summed E-state index contributed by atoms with van der Waals surface area (Å²) in [5.74, 6) is 0.103. The topological polar surface area (TPSA) is 96.3 Å². The molecule has 1 aromatic heterocycles. The third kappa shape index (κ3) is 4.54. The molecule has 0 spiro atoms. The third-order valence-corrected chi connectivity index (χ3v) is 5.73. The number of benzene rings is 1. The Bertz CT molecular complexity index is 885. The van der Waals surface area contributed by atoms with E-state index < -0.39 is 10.0 Å². The molecule has 0 saturated carbocycles. The third-order valence-electron chi connectivity index (χ3n) is 4.23. The van der Waals surface area contributed by atoms with Gasteiger partial charge in [0.05, 0.1) is 17.6 Å². The van der Waals surface area contributed by atoms with Crippen LogP contribution < -0.4 is 10.6 Å². The Hall–Kier alpha value is -2.10. The predicted octanol–water partition coefficient (Wildman–Crippen LogP) is 1.93. The Morgan fingerprint density at radius 1 is 1.42 bits per heavy atom. The van der Waals surface area contributed by atoms with Crippen LogP contribution in [0.3, 0.4) is 0 Å². The summed E-state index contributed by atoms with van der Waals surface area (Å²) in [6.45, 7) is 1.33. The van der Waals surface area contributed by atoms with Gasteiger partial charge in [0.1, 0.15) is 0 Å². The molecule has 10 heteroatoms. The number of carbonyl (C=O) groups excluding carboxylic acids is 1. The fourth-order valence-corrected chi connectivity index (χ4v) is 3.96. The molecule has 2 amide bonds. The second kappa shape index (κ2) is 7.65. The predicted molar refractivity (Wildman–Crippen MR) is 100 cm³/mol. The quantitative estimate of drug-likeness (QED) is 0.805. The van der Waals surface area contributed by atoms with Crippen molar-refractivity contribution in [3.05, 3.63) is 41.7 Å². The first-order valence-electron chi connectivity index (χ1n) is 8.12. The largest absolute Gasteiger partial charge is 0.338 e. The molecule has 0 aliphatic carbocycles. The highest BCUT2D eigenvalue weighted by Gasteiger charge is 2.28. The van der Waals surface area contributed by atoms with Crippen LogP contribution in [-0.4, -0.2) is 54.4 Å². The molecule has 8 nitrogen and oxygen atoms in total. The van der Waals surface area contributed by atoms with E-state index in [2.05, 4.69) is 15.7 Å². The number of carbonyl (C=O) groups is 1. The zero-order chi connectivity index (χ0) is 18.7. The molecule has 1 aromatic carbocycles. The fraction of sp³-hybridized carbons (Fsp3) is 0.375. The number of sulfonamides is 1. The maximum absolute atomic E-state index is 12.2. The second-order valence-electron chi connectivity index (χ2n) is 6.22. The average molecular weight is 398 g/mol. The molecular weight excluding hydrogens is 378 g/mol. The molecule has 140 valence electrons. The molecule has 3 rings (SSSR count). The van der Waals surface area contributed by atoms with Crippen LogP contribution in [0.5, 0.6) is 0 Å². The van der Waals surface area contributed by atoms with Gasteiger partial charge in [0.2, 0.25) is 10.0 Å². The van der Waals surface area contributed by atoms with E-state index in [9.17, 15) is 13.2 Å². The minimum atomic E-state index is -3.17. The van der Waals surface area contributed by atoms with E-state index in [-0.39, 0.29) is 11.9 Å². The molecule has 1 aliphatic heterocycles. The Morgan fingerprint density at radius 3 is 2.88 bits per heavy atom. The van der Waals surface area contributed by atoms with E-state index in [1.54, 1.807) is 41.3 Å². The summed E-state index contributed by atoms with van der Waals surface area (Å²) < 4.78 is 26.1. The Balaban J connectivity index is 1.60. The zero-order valence-corrected chi connectivity index (χ0v) is 15.8. The summed E-state index contributed by atoms with van der Waals surface area (Å²) in [5.41, 5.74) is 1.22. The summed E-state index contributed by atoms with van der Waals surface area (Å²) >= 11 is 6.04. The van der Waals surface area contributed by atoms with Gasteiger partial charge in [-0.25, -0.2) is 22.2 Å². The van der Waals surface area contributed by atoms with Gasteiger partial charge in [-0.3, -0.25) is 0 Å². The van der Waals surface area contributed by atoms with Gasteiger partial charge >= 0.3 is 6.03 Å². The van der Waals surface area contributed by atoms with Crippen LogP contribution in [0, 0.1) is 5.92 Å². The molecule has 0 unspecified atom stereocenters. The highest BCUT2D eigenvalue weighted by Crippen LogP contribution is 2.24. The first-order chi connectivity index (χ1) is 12.3. The molecule has 2 heterocycles. The van der Waals surface area contributed by atoms with Crippen LogP contribution in [0.4, 0.5) is 10.5 Å². The lowest BCUT2D eigenvalue weighted by Crippen LogP contribution is -2.35. The lowest BCUT2D eigenvalue weighted by molar-refractivity contribution is 0.250. The van der Waals surface area contributed by atoms with Gasteiger partial charge in [-0.1, -0.05) is 11.6 Å². The number of hydrogen-bond acceptors (Lipinski definition) is 4. The smallest absolute Gasteiger partial charge is 0.319 e. The first-order valence-corrected chi connectivity index (χ1v) is 10.3. The lowest BCUT2D eigenvalue weighted by atomic mass is 10.1. The number of anilines is 1. The number of amides is 2. The SMILES string of the molecule is CS(=O)(=O)N1CC[C@@H](CNC(=O)Nc2ccc(Cl)cc2-n2cccn2)C1. The number of nitrogens with zero attached hydrogens (tertiary/aromatic N) is 3. The standard InChI is InChI=1S/C16H20ClN5O3S/c1-26(24,25)21-8-5-12(11-21)10-18-16(23)20-14-4-3-13(17)9-15(14)22-7-2-6-19-22/h2-4,6-7,9,12H,5,8,10-11H2,1H3,(H2,18,20,23)/t12-/m0/s1. The van der Waals surface area contributed by atoms with Crippen LogP contribution in [0.25, 0.3) is 5.69 Å². The van der Waals surface area contributed by atoms with Gasteiger partial charge in [-0.15, -0.1) is 0 Å². The minimum Gasteiger partial charge on any atom is -0.338 e. The molecular formula is C16H20ClN5O3S. The summed E-state index contributed by atoms with van der Waals surface area (Å²) in [6.07, 6.45) is 5.32. The van der Waals surface area contributed by atoms with Crippen LogP contribution in [0.15, 0.2) is 36.7 Å². The van der Waals surface area contributed by atoms with E-state index in [4.69, 9.17) is 11.6 Å². The number of hydrogen-bond donors (Lipinski definition) is 2. The molecule has 1 saturated heterocycles. The van der Waals surface area contributed by atoms with Crippen LogP contribution in [0.2, 0.25) is 5.02 Å². The number of aromatic nitrogens is 2. The number of urea groups is 1. The van der Waals surface area contributed by atoms with Crippen LogP contribution in [-0.2, 0) is 10.0 Å². The number of halogens is 1. The summed E-state index contributed by atoms with van der Waals surface area (Å²) in [5, 5.41) is 10.3. The van der Waals surface area contributed by atoms with Crippen LogP contribution in [0.1, 0.15) is 6.42 Å². The average Bonchev–Trinajstić information content (AvgIpc) is 3.26. The Morgan fingerprint density at radius 2 is 2.23 bits per heavy atom. The van der Waals surface area contributed by atoms with Crippen molar-refractivity contribution in [2.45, 2.75) is 6.42 Å². The molecule has 1 atom stereocenters. The Labute approximate surface area is 157 Å². The minimum absolute atomic E-state index is 0.103.